The van der Waals surface area contributed by atoms with E-state index in [2.05, 4.69) is 5.16 Å². The average Bonchev–Trinajstić information content (AvgIpc) is 2.99. The number of nitrogens with zero attached hydrogens (tertiary/aromatic N) is 2. The zero-order chi connectivity index (χ0) is 15.2. The van der Waals surface area contributed by atoms with E-state index in [4.69, 9.17) is 10.6 Å². The Morgan fingerprint density at radius 1 is 1.33 bits per heavy atom. The van der Waals surface area contributed by atoms with Gasteiger partial charge in [-0.3, -0.25) is 10.1 Å². The largest absolute Gasteiger partial charge is 0.384 e. The van der Waals surface area contributed by atoms with Gasteiger partial charge in [-0.05, 0) is 17.0 Å². The molecule has 2 N–H and O–H groups in total. The highest BCUT2D eigenvalue weighted by molar-refractivity contribution is 7.11. The van der Waals surface area contributed by atoms with Crippen molar-refractivity contribution in [2.75, 3.05) is 0 Å². The molecule has 8 heteroatoms. The topological polar surface area (TPSA) is 108 Å². The number of non-ortho nitro benzene ring substituents is 1. The van der Waals surface area contributed by atoms with Crippen molar-refractivity contribution in [1.29, 1.82) is 0 Å². The quantitative estimate of drug-likeness (QED) is 0.300. The lowest BCUT2D eigenvalue weighted by atomic mass is 10.1. The molecule has 0 aliphatic heterocycles. The van der Waals surface area contributed by atoms with E-state index in [-0.39, 0.29) is 17.9 Å². The Bertz CT molecular complexity index is 665. The van der Waals surface area contributed by atoms with Gasteiger partial charge in [0, 0.05) is 18.6 Å². The van der Waals surface area contributed by atoms with Gasteiger partial charge in [-0.1, -0.05) is 23.4 Å². The summed E-state index contributed by atoms with van der Waals surface area (Å²) in [5.74, 6) is -0.467. The lowest BCUT2D eigenvalue weighted by molar-refractivity contribution is -0.384. The van der Waals surface area contributed by atoms with Crippen molar-refractivity contribution in [2.24, 2.45) is 10.9 Å². The van der Waals surface area contributed by atoms with Crippen LogP contribution in [-0.4, -0.2) is 16.7 Å². The van der Waals surface area contributed by atoms with Crippen molar-refractivity contribution in [1.82, 2.24) is 0 Å². The number of carbonyl (C=O) groups excluding carboxylic acids is 1. The van der Waals surface area contributed by atoms with Gasteiger partial charge in [-0.15, -0.1) is 11.3 Å². The fraction of sp³-hybridized carbons (Fsp3) is 0.0769. The van der Waals surface area contributed by atoms with Crippen LogP contribution in [0.3, 0.4) is 0 Å². The maximum Gasteiger partial charge on any atom is 0.375 e. The zero-order valence-electron chi connectivity index (χ0n) is 10.8. The molecule has 1 heterocycles. The van der Waals surface area contributed by atoms with E-state index in [0.29, 0.717) is 4.88 Å². The minimum Gasteiger partial charge on any atom is -0.384 e. The molecule has 0 aliphatic carbocycles. The van der Waals surface area contributed by atoms with E-state index in [1.807, 2.05) is 0 Å². The van der Waals surface area contributed by atoms with Crippen LogP contribution in [-0.2, 0) is 11.3 Å². The second-order valence-corrected chi connectivity index (χ2v) is 4.99. The summed E-state index contributed by atoms with van der Waals surface area (Å²) in [7, 11) is 0. The lowest BCUT2D eigenvalue weighted by Gasteiger charge is -2.01. The van der Waals surface area contributed by atoms with E-state index >= 15 is 0 Å². The lowest BCUT2D eigenvalue weighted by Crippen LogP contribution is -2.16. The van der Waals surface area contributed by atoms with Crippen LogP contribution >= 0.6 is 11.3 Å². The molecule has 0 bridgehead atoms. The van der Waals surface area contributed by atoms with E-state index in [9.17, 15) is 14.9 Å². The number of benzene rings is 1. The van der Waals surface area contributed by atoms with E-state index in [1.165, 1.54) is 23.5 Å². The number of nitro benzene ring substituents is 1. The number of hydrogen-bond donors (Lipinski definition) is 1. The van der Waals surface area contributed by atoms with Gasteiger partial charge in [0.05, 0.1) is 4.92 Å². The first kappa shape index (κ1) is 14.7. The molecule has 2 aromatic rings. The van der Waals surface area contributed by atoms with Gasteiger partial charge in [-0.2, -0.15) is 0 Å². The molecular formula is C13H11N3O4S. The Morgan fingerprint density at radius 2 is 2.05 bits per heavy atom. The van der Waals surface area contributed by atoms with E-state index in [1.54, 1.807) is 29.6 Å². The molecule has 21 heavy (non-hydrogen) atoms. The first-order valence-corrected chi connectivity index (χ1v) is 6.75. The predicted octanol–water partition coefficient (Wildman–Crippen LogP) is 2.33. The van der Waals surface area contributed by atoms with Crippen LogP contribution in [0.5, 0.6) is 0 Å². The van der Waals surface area contributed by atoms with Gasteiger partial charge in [0.25, 0.3) is 5.69 Å². The summed E-state index contributed by atoms with van der Waals surface area (Å²) >= 11 is 1.24. The molecule has 1 aromatic carbocycles. The molecule has 0 spiro atoms. The normalized spacial score (nSPS) is 11.1. The average molecular weight is 305 g/mol. The zero-order valence-corrected chi connectivity index (χ0v) is 11.6. The summed E-state index contributed by atoms with van der Waals surface area (Å²) < 4.78 is 0. The van der Waals surface area contributed by atoms with Crippen LogP contribution in [0.2, 0.25) is 0 Å². The SMILES string of the molecule is N/C(Cc1ccc([N+](=O)[O-])cc1)=N/OC(=O)c1cccs1. The third-order valence-corrected chi connectivity index (χ3v) is 3.35. The number of nitrogens with two attached hydrogens (primary N) is 1. The summed E-state index contributed by atoms with van der Waals surface area (Å²) in [6, 6.07) is 9.24. The summed E-state index contributed by atoms with van der Waals surface area (Å²) in [4.78, 5) is 26.7. The van der Waals surface area contributed by atoms with Gasteiger partial charge < -0.3 is 10.6 Å². The third-order valence-electron chi connectivity index (χ3n) is 2.50. The Labute approximate surface area is 123 Å². The summed E-state index contributed by atoms with van der Waals surface area (Å²) in [5, 5.41) is 15.8. The Morgan fingerprint density at radius 3 is 2.62 bits per heavy atom. The number of thiophene rings is 1. The molecule has 7 nitrogen and oxygen atoms in total. The summed E-state index contributed by atoms with van der Waals surface area (Å²) in [6.45, 7) is 0. The number of nitro groups is 1. The van der Waals surface area contributed by atoms with Crippen LogP contribution in [0.4, 0.5) is 5.69 Å². The highest BCUT2D eigenvalue weighted by atomic mass is 32.1. The first-order valence-electron chi connectivity index (χ1n) is 5.87. The summed E-state index contributed by atoms with van der Waals surface area (Å²) in [5.41, 5.74) is 6.38. The molecule has 0 unspecified atom stereocenters. The fourth-order valence-electron chi connectivity index (χ4n) is 1.52. The molecule has 108 valence electrons. The number of amidine groups is 1. The van der Waals surface area contributed by atoms with Crippen LogP contribution in [0.1, 0.15) is 15.2 Å². The molecular weight excluding hydrogens is 294 g/mol. The second kappa shape index (κ2) is 6.62. The van der Waals surface area contributed by atoms with Crippen molar-refractivity contribution < 1.29 is 14.6 Å². The molecule has 0 saturated heterocycles. The first-order chi connectivity index (χ1) is 10.1. The van der Waals surface area contributed by atoms with Crippen molar-refractivity contribution >= 4 is 28.8 Å². The highest BCUT2D eigenvalue weighted by Gasteiger charge is 2.09. The van der Waals surface area contributed by atoms with Crippen LogP contribution in [0.25, 0.3) is 0 Å². The predicted molar refractivity (Wildman–Crippen MR) is 78.2 cm³/mol. The third kappa shape index (κ3) is 4.11. The fourth-order valence-corrected chi connectivity index (χ4v) is 2.11. The van der Waals surface area contributed by atoms with Crippen LogP contribution in [0, 0.1) is 10.1 Å². The van der Waals surface area contributed by atoms with E-state index < -0.39 is 10.9 Å². The van der Waals surface area contributed by atoms with Crippen LogP contribution < -0.4 is 5.73 Å². The standard InChI is InChI=1S/C13H11N3O4S/c14-12(15-20-13(17)11-2-1-7-21-11)8-9-3-5-10(6-4-9)16(18)19/h1-7H,8H2,(H2,14,15). The van der Waals surface area contributed by atoms with Crippen LogP contribution in [0.15, 0.2) is 46.9 Å². The molecule has 0 aliphatic rings. The van der Waals surface area contributed by atoms with Crippen molar-refractivity contribution in [3.05, 3.63) is 62.3 Å². The molecule has 0 radical (unpaired) electrons. The molecule has 0 fully saturated rings. The monoisotopic (exact) mass is 305 g/mol. The van der Waals surface area contributed by atoms with Gasteiger partial charge in [-0.25, -0.2) is 4.79 Å². The van der Waals surface area contributed by atoms with Gasteiger partial charge in [0.2, 0.25) is 0 Å². The van der Waals surface area contributed by atoms with Crippen molar-refractivity contribution in [2.45, 2.75) is 6.42 Å². The minimum atomic E-state index is -0.573. The molecule has 0 saturated carbocycles. The highest BCUT2D eigenvalue weighted by Crippen LogP contribution is 2.13. The Balaban J connectivity index is 1.94. The number of rotatable bonds is 5. The molecule has 1 aromatic heterocycles. The Kier molecular flexibility index (Phi) is 4.62. The van der Waals surface area contributed by atoms with Crippen molar-refractivity contribution in [3.8, 4) is 0 Å². The van der Waals surface area contributed by atoms with Gasteiger partial charge in [0.15, 0.2) is 0 Å². The van der Waals surface area contributed by atoms with E-state index in [0.717, 1.165) is 5.56 Å². The number of hydrogen-bond acceptors (Lipinski definition) is 6. The molecule has 0 atom stereocenters. The summed E-state index contributed by atoms with van der Waals surface area (Å²) in [6.07, 6.45) is 0.232. The minimum absolute atomic E-state index is 0.00150. The maximum absolute atomic E-state index is 11.5. The Hall–Kier alpha value is -2.74. The van der Waals surface area contributed by atoms with Gasteiger partial charge >= 0.3 is 5.97 Å². The maximum atomic E-state index is 11.5. The van der Waals surface area contributed by atoms with Crippen molar-refractivity contribution in [3.63, 3.8) is 0 Å². The smallest absolute Gasteiger partial charge is 0.375 e. The number of carbonyl (C=O) groups is 1. The van der Waals surface area contributed by atoms with Gasteiger partial charge in [0.1, 0.15) is 10.7 Å². The molecule has 2 rings (SSSR count). The second-order valence-electron chi connectivity index (χ2n) is 4.04. The molecule has 0 amide bonds. The number of oxime groups is 1.